The molecule has 1 aliphatic rings. The first-order chi connectivity index (χ1) is 11.5. The zero-order valence-electron chi connectivity index (χ0n) is 13.1. The van der Waals surface area contributed by atoms with Crippen molar-refractivity contribution in [3.63, 3.8) is 0 Å². The van der Waals surface area contributed by atoms with Crippen molar-refractivity contribution in [1.29, 1.82) is 0 Å². The first-order valence-electron chi connectivity index (χ1n) is 7.17. The van der Waals surface area contributed by atoms with Crippen LogP contribution in [0, 0.1) is 0 Å². The molecule has 0 aromatic heterocycles. The van der Waals surface area contributed by atoms with Gasteiger partial charge in [-0.25, -0.2) is 0 Å². The molecule has 2 rings (SSSR count). The van der Waals surface area contributed by atoms with Gasteiger partial charge in [0.25, 0.3) is 0 Å². The van der Waals surface area contributed by atoms with Crippen molar-refractivity contribution in [3.8, 4) is 5.75 Å². The van der Waals surface area contributed by atoms with E-state index >= 15 is 0 Å². The Kier molecular flexibility index (Phi) is 5.31. The molecule has 25 heavy (non-hydrogen) atoms. The first-order valence-corrected chi connectivity index (χ1v) is 8.58. The lowest BCUT2D eigenvalue weighted by molar-refractivity contribution is -0.136. The fraction of sp³-hybridized carbons (Fsp3) is 0.400. The SMILES string of the molecule is COc1ccc2c(c1)CCCC(CC(=O)O)=C2OS(=O)(=O)C(F)(F)F. The van der Waals surface area contributed by atoms with Crippen molar-refractivity contribution < 1.29 is 40.4 Å². The predicted octanol–water partition coefficient (Wildman–Crippen LogP) is 3.08. The number of carboxylic acid groups (broad SMARTS) is 1. The topological polar surface area (TPSA) is 89.9 Å². The largest absolute Gasteiger partial charge is 0.534 e. The second kappa shape index (κ2) is 6.95. The number of ether oxygens (including phenoxy) is 1. The highest BCUT2D eigenvalue weighted by Gasteiger charge is 2.49. The zero-order chi connectivity index (χ0) is 18.8. The van der Waals surface area contributed by atoms with Crippen LogP contribution in [-0.4, -0.2) is 32.1 Å². The van der Waals surface area contributed by atoms with Crippen molar-refractivity contribution in [3.05, 3.63) is 34.9 Å². The average Bonchev–Trinajstić information content (AvgIpc) is 2.65. The van der Waals surface area contributed by atoms with E-state index in [0.717, 1.165) is 0 Å². The third kappa shape index (κ3) is 4.25. The van der Waals surface area contributed by atoms with Crippen molar-refractivity contribution >= 4 is 21.8 Å². The average molecular weight is 380 g/mol. The minimum Gasteiger partial charge on any atom is -0.497 e. The third-order valence-electron chi connectivity index (χ3n) is 3.64. The molecule has 1 N–H and O–H groups in total. The van der Waals surface area contributed by atoms with Crippen LogP contribution in [0.5, 0.6) is 5.75 Å². The summed E-state index contributed by atoms with van der Waals surface area (Å²) in [5, 5.41) is 8.98. The quantitative estimate of drug-likeness (QED) is 0.624. The Morgan fingerprint density at radius 1 is 1.28 bits per heavy atom. The van der Waals surface area contributed by atoms with Gasteiger partial charge in [-0.2, -0.15) is 21.6 Å². The number of benzene rings is 1. The van der Waals surface area contributed by atoms with E-state index in [1.807, 2.05) is 0 Å². The summed E-state index contributed by atoms with van der Waals surface area (Å²) in [6, 6.07) is 4.36. The summed E-state index contributed by atoms with van der Waals surface area (Å²) in [6.07, 6.45) is 0.330. The Bertz CT molecular complexity index is 811. The van der Waals surface area contributed by atoms with Gasteiger partial charge >= 0.3 is 21.6 Å². The second-order valence-corrected chi connectivity index (χ2v) is 6.90. The molecule has 1 aliphatic carbocycles. The maximum atomic E-state index is 12.7. The van der Waals surface area contributed by atoms with E-state index in [-0.39, 0.29) is 17.6 Å². The minimum atomic E-state index is -5.92. The molecule has 138 valence electrons. The van der Waals surface area contributed by atoms with E-state index in [0.29, 0.717) is 24.2 Å². The van der Waals surface area contributed by atoms with E-state index in [1.54, 1.807) is 6.07 Å². The zero-order valence-corrected chi connectivity index (χ0v) is 13.9. The Labute approximate surface area is 142 Å². The minimum absolute atomic E-state index is 0.00996. The van der Waals surface area contributed by atoms with Gasteiger partial charge in [-0.15, -0.1) is 0 Å². The van der Waals surface area contributed by atoms with Gasteiger partial charge in [0.1, 0.15) is 11.5 Å². The number of carboxylic acids is 1. The Hall–Kier alpha value is -2.23. The monoisotopic (exact) mass is 380 g/mol. The number of carbonyl (C=O) groups is 1. The smallest absolute Gasteiger partial charge is 0.497 e. The number of alkyl halides is 3. The van der Waals surface area contributed by atoms with E-state index in [2.05, 4.69) is 4.18 Å². The van der Waals surface area contributed by atoms with Crippen LogP contribution >= 0.6 is 0 Å². The molecule has 0 radical (unpaired) electrons. The number of halogens is 3. The normalized spacial score (nSPS) is 15.4. The van der Waals surface area contributed by atoms with Gasteiger partial charge in [0.2, 0.25) is 0 Å². The van der Waals surface area contributed by atoms with Gasteiger partial charge < -0.3 is 14.0 Å². The second-order valence-electron chi connectivity index (χ2n) is 5.36. The third-order valence-corrected chi connectivity index (χ3v) is 4.60. The van der Waals surface area contributed by atoms with Gasteiger partial charge in [-0.3, -0.25) is 4.79 Å². The molecule has 0 amide bonds. The van der Waals surface area contributed by atoms with Crippen molar-refractivity contribution in [1.82, 2.24) is 0 Å². The molecule has 10 heteroatoms. The summed E-state index contributed by atoms with van der Waals surface area (Å²) in [6.45, 7) is 0. The Morgan fingerprint density at radius 3 is 2.52 bits per heavy atom. The highest BCUT2D eigenvalue weighted by molar-refractivity contribution is 7.87. The molecular weight excluding hydrogens is 365 g/mol. The number of methoxy groups -OCH3 is 1. The highest BCUT2D eigenvalue weighted by atomic mass is 32.2. The molecule has 1 aromatic carbocycles. The molecular formula is C15H15F3O6S. The van der Waals surface area contributed by atoms with Crippen LogP contribution in [0.1, 0.15) is 30.4 Å². The summed E-state index contributed by atoms with van der Waals surface area (Å²) >= 11 is 0. The van der Waals surface area contributed by atoms with E-state index < -0.39 is 33.8 Å². The summed E-state index contributed by atoms with van der Waals surface area (Å²) in [5.74, 6) is -1.43. The maximum Gasteiger partial charge on any atom is 0.534 e. The van der Waals surface area contributed by atoms with Crippen molar-refractivity contribution in [2.24, 2.45) is 0 Å². The van der Waals surface area contributed by atoms with Gasteiger partial charge in [0.05, 0.1) is 13.5 Å². The lowest BCUT2D eigenvalue weighted by Crippen LogP contribution is -2.25. The Morgan fingerprint density at radius 2 is 1.96 bits per heavy atom. The molecule has 0 aliphatic heterocycles. The number of rotatable bonds is 5. The molecule has 0 saturated heterocycles. The molecule has 0 bridgehead atoms. The first kappa shape index (κ1) is 19.1. The molecule has 0 atom stereocenters. The summed E-state index contributed by atoms with van der Waals surface area (Å²) in [4.78, 5) is 11.0. The standard InChI is InChI=1S/C15H15F3O6S/c1-23-11-5-6-12-9(7-11)3-2-4-10(8-13(19)20)14(12)24-25(21,22)15(16,17)18/h5-7H,2-4,8H2,1H3,(H,19,20). The predicted molar refractivity (Wildman–Crippen MR) is 81.2 cm³/mol. The van der Waals surface area contributed by atoms with E-state index in [4.69, 9.17) is 9.84 Å². The van der Waals surface area contributed by atoms with Crippen LogP contribution < -0.4 is 4.74 Å². The molecule has 0 fully saturated rings. The fourth-order valence-corrected chi connectivity index (χ4v) is 3.06. The van der Waals surface area contributed by atoms with Crippen LogP contribution in [-0.2, 0) is 25.5 Å². The van der Waals surface area contributed by atoms with Crippen LogP contribution in [0.4, 0.5) is 13.2 Å². The van der Waals surface area contributed by atoms with Gasteiger partial charge in [0.15, 0.2) is 0 Å². The number of fused-ring (bicyclic) bond motifs is 1. The summed E-state index contributed by atoms with van der Waals surface area (Å²) < 4.78 is 70.4. The van der Waals surface area contributed by atoms with Gasteiger partial charge in [0, 0.05) is 5.56 Å². The molecule has 0 saturated carbocycles. The van der Waals surface area contributed by atoms with Crippen LogP contribution in [0.25, 0.3) is 5.76 Å². The maximum absolute atomic E-state index is 12.7. The molecule has 6 nitrogen and oxygen atoms in total. The number of hydrogen-bond acceptors (Lipinski definition) is 5. The summed E-state index contributed by atoms with van der Waals surface area (Å²) in [7, 11) is -4.51. The lowest BCUT2D eigenvalue weighted by Gasteiger charge is -2.17. The lowest BCUT2D eigenvalue weighted by atomic mass is 10.0. The molecule has 1 aromatic rings. The van der Waals surface area contributed by atoms with E-state index in [1.165, 1.54) is 19.2 Å². The van der Waals surface area contributed by atoms with Crippen LogP contribution in [0.15, 0.2) is 23.8 Å². The number of aliphatic carboxylic acids is 1. The van der Waals surface area contributed by atoms with Gasteiger partial charge in [-0.1, -0.05) is 0 Å². The molecule has 0 spiro atoms. The molecule has 0 unspecified atom stereocenters. The number of hydrogen-bond donors (Lipinski definition) is 1. The Balaban J connectivity index is 2.62. The molecule has 0 heterocycles. The van der Waals surface area contributed by atoms with E-state index in [9.17, 15) is 26.4 Å². The summed E-state index contributed by atoms with van der Waals surface area (Å²) in [5.41, 5.74) is -4.99. The number of aryl methyl sites for hydroxylation is 1. The van der Waals surface area contributed by atoms with Crippen LogP contribution in [0.2, 0.25) is 0 Å². The van der Waals surface area contributed by atoms with Crippen molar-refractivity contribution in [2.45, 2.75) is 31.2 Å². The van der Waals surface area contributed by atoms with Crippen molar-refractivity contribution in [2.75, 3.05) is 7.11 Å². The fourth-order valence-electron chi connectivity index (χ4n) is 2.53. The highest BCUT2D eigenvalue weighted by Crippen LogP contribution is 2.38. The van der Waals surface area contributed by atoms with Gasteiger partial charge in [-0.05, 0) is 48.6 Å². The van der Waals surface area contributed by atoms with Crippen LogP contribution in [0.3, 0.4) is 0 Å².